The minimum Gasteiger partial charge on any atom is -0.469 e. The molecule has 7 nitrogen and oxygen atoms in total. The van der Waals surface area contributed by atoms with Gasteiger partial charge in [-0.3, -0.25) is 13.8 Å². The quantitative estimate of drug-likeness (QED) is 0.0874. The van der Waals surface area contributed by atoms with Crippen molar-refractivity contribution in [3.63, 3.8) is 0 Å². The number of carbonyl (C=O) groups is 2. The Morgan fingerprint density at radius 1 is 1.09 bits per heavy atom. The van der Waals surface area contributed by atoms with Gasteiger partial charge < -0.3 is 9.16 Å². The number of halogens is 1. The Morgan fingerprint density at radius 2 is 1.69 bits per heavy atom. The second-order valence-electron chi connectivity index (χ2n) is 10.5. The molecule has 3 unspecified atom stereocenters. The average molecular weight is 553 g/mol. The lowest BCUT2D eigenvalue weighted by Crippen LogP contribution is -2.51. The third-order valence-corrected chi connectivity index (χ3v) is 7.98. The van der Waals surface area contributed by atoms with Gasteiger partial charge in [0.05, 0.1) is 36.0 Å². The van der Waals surface area contributed by atoms with Crippen molar-refractivity contribution in [2.75, 3.05) is 13.4 Å². The highest BCUT2D eigenvalue weighted by Gasteiger charge is 2.54. The van der Waals surface area contributed by atoms with E-state index in [1.807, 2.05) is 0 Å². The molecule has 10 heteroatoms. The summed E-state index contributed by atoms with van der Waals surface area (Å²) in [6.45, 7) is 8.33. The zero-order valence-electron chi connectivity index (χ0n) is 22.4. The van der Waals surface area contributed by atoms with Crippen molar-refractivity contribution in [1.29, 1.82) is 0 Å². The van der Waals surface area contributed by atoms with Crippen LogP contribution >= 0.6 is 11.6 Å². The first-order chi connectivity index (χ1) is 16.2. The lowest BCUT2D eigenvalue weighted by Gasteiger charge is -2.42. The molecular formula is C25H45ClO7SSi. The number of methoxy groups -OCH3 is 1. The molecule has 0 spiro atoms. The highest BCUT2D eigenvalue weighted by Crippen LogP contribution is 2.45. The van der Waals surface area contributed by atoms with Gasteiger partial charge in [0.2, 0.25) is 0 Å². The molecule has 0 fully saturated rings. The molecule has 3 atom stereocenters. The van der Waals surface area contributed by atoms with Crippen molar-refractivity contribution in [2.45, 2.75) is 115 Å². The largest absolute Gasteiger partial charge is 0.469 e. The molecule has 0 N–H and O–H groups in total. The topological polar surface area (TPSA) is 96.0 Å². The molecule has 0 saturated heterocycles. The third-order valence-electron chi connectivity index (χ3n) is 6.10. The van der Waals surface area contributed by atoms with E-state index in [1.54, 1.807) is 6.08 Å². The molecule has 0 saturated carbocycles. The van der Waals surface area contributed by atoms with Crippen LogP contribution in [0.1, 0.15) is 84.0 Å². The summed E-state index contributed by atoms with van der Waals surface area (Å²) in [7, 11) is -4.63. The molecular weight excluding hydrogens is 508 g/mol. The van der Waals surface area contributed by atoms with Crippen molar-refractivity contribution >= 4 is 41.8 Å². The second kappa shape index (κ2) is 14.9. The summed E-state index contributed by atoms with van der Waals surface area (Å²) < 4.78 is 41.2. The zero-order chi connectivity index (χ0) is 26.7. The van der Waals surface area contributed by atoms with E-state index in [-0.39, 0.29) is 16.8 Å². The third kappa shape index (κ3) is 11.9. The highest BCUT2D eigenvalue weighted by atomic mass is 35.5. The van der Waals surface area contributed by atoms with Gasteiger partial charge in [-0.05, 0) is 45.0 Å². The number of carbonyl (C=O) groups excluding carboxylic acids is 2. The summed E-state index contributed by atoms with van der Waals surface area (Å²) in [5.74, 6) is -1.43. The van der Waals surface area contributed by atoms with Gasteiger partial charge in [-0.15, -0.1) is 0 Å². The molecule has 0 heterocycles. The minimum absolute atomic E-state index is 0.0898. The van der Waals surface area contributed by atoms with Crippen LogP contribution in [0, 0.1) is 5.92 Å². The molecule has 0 aromatic rings. The first-order valence-electron chi connectivity index (χ1n) is 12.8. The van der Waals surface area contributed by atoms with Crippen LogP contribution in [0.3, 0.4) is 0 Å². The van der Waals surface area contributed by atoms with Gasteiger partial charge in [0.1, 0.15) is 0 Å². The maximum atomic E-state index is 13.3. The summed E-state index contributed by atoms with van der Waals surface area (Å²) in [6, 6.07) is 0. The first-order valence-corrected chi connectivity index (χ1v) is 18.4. The van der Waals surface area contributed by atoms with Crippen LogP contribution in [-0.2, 0) is 33.1 Å². The van der Waals surface area contributed by atoms with Crippen molar-refractivity contribution < 1.29 is 31.4 Å². The number of unbranched alkanes of at least 4 members (excludes halogenated alkanes) is 7. The van der Waals surface area contributed by atoms with E-state index in [0.717, 1.165) is 25.5 Å². The van der Waals surface area contributed by atoms with E-state index in [9.17, 15) is 18.0 Å². The first kappa shape index (κ1) is 32.3. The number of esters is 1. The van der Waals surface area contributed by atoms with Crippen LogP contribution in [0.25, 0.3) is 0 Å². The van der Waals surface area contributed by atoms with Crippen molar-refractivity contribution in [3.05, 3.63) is 11.1 Å². The fourth-order valence-electron chi connectivity index (χ4n) is 4.74. The summed E-state index contributed by atoms with van der Waals surface area (Å²) in [4.78, 5) is 24.7. The lowest BCUT2D eigenvalue weighted by atomic mass is 9.80. The molecule has 0 aliphatic heterocycles. The smallest absolute Gasteiger partial charge is 0.305 e. The van der Waals surface area contributed by atoms with Gasteiger partial charge in [0.15, 0.2) is 14.1 Å². The second-order valence-corrected chi connectivity index (χ2v) is 17.0. The Balaban J connectivity index is 3.14. The van der Waals surface area contributed by atoms with E-state index < -0.39 is 36.1 Å². The van der Waals surface area contributed by atoms with Crippen LogP contribution in [0.4, 0.5) is 0 Å². The van der Waals surface area contributed by atoms with Crippen LogP contribution in [0.15, 0.2) is 11.1 Å². The van der Waals surface area contributed by atoms with E-state index >= 15 is 0 Å². The zero-order valence-corrected chi connectivity index (χ0v) is 24.9. The molecule has 35 heavy (non-hydrogen) atoms. The number of Topliss-reactive ketones (excluding diaryl/α,β-unsaturated/α-hetero) is 1. The normalized spacial score (nSPS) is 21.7. The minimum atomic E-state index is -3.83. The SMILES string of the molecule is CCCCCCCCC1(O[Si](C)(C)C)C=C(Cl)C(=O)C1C(CCCCCC(=O)OC)OS(C)(=O)=O. The Labute approximate surface area is 218 Å². The van der Waals surface area contributed by atoms with E-state index in [4.69, 9.17) is 20.2 Å². The molecule has 0 aromatic heterocycles. The number of allylic oxidation sites excluding steroid dienone is 1. The molecule has 1 rings (SSSR count). The van der Waals surface area contributed by atoms with Gasteiger partial charge >= 0.3 is 5.97 Å². The standard InChI is InChI=1S/C25H45ClO7SSi/c1-7-8-9-10-11-15-18-25(33-35(4,5)6)19-20(26)24(28)23(25)21(32-34(3,29)30)16-13-12-14-17-22(27)31-2/h19,21,23H,7-18H2,1-6H3. The Hall–Kier alpha value is -0.743. The number of ketones is 1. The maximum Gasteiger partial charge on any atom is 0.305 e. The van der Waals surface area contributed by atoms with Crippen LogP contribution < -0.4 is 0 Å². The molecule has 0 aromatic carbocycles. The monoisotopic (exact) mass is 552 g/mol. The van der Waals surface area contributed by atoms with Crippen LogP contribution in [-0.4, -0.2) is 53.6 Å². The van der Waals surface area contributed by atoms with Crippen molar-refractivity contribution in [1.82, 2.24) is 0 Å². The predicted molar refractivity (Wildman–Crippen MR) is 142 cm³/mol. The Morgan fingerprint density at radius 3 is 2.26 bits per heavy atom. The average Bonchev–Trinajstić information content (AvgIpc) is 2.96. The predicted octanol–water partition coefficient (Wildman–Crippen LogP) is 6.12. The van der Waals surface area contributed by atoms with Gasteiger partial charge in [-0.1, -0.05) is 69.9 Å². The molecule has 1 aliphatic carbocycles. The number of ether oxygens (including phenoxy) is 1. The summed E-state index contributed by atoms with van der Waals surface area (Å²) >= 11 is 6.39. The number of rotatable bonds is 18. The van der Waals surface area contributed by atoms with Crippen molar-refractivity contribution in [3.8, 4) is 0 Å². The van der Waals surface area contributed by atoms with Gasteiger partial charge in [-0.25, -0.2) is 0 Å². The maximum absolute atomic E-state index is 13.3. The molecule has 0 bridgehead atoms. The number of hydrogen-bond donors (Lipinski definition) is 0. The molecule has 204 valence electrons. The summed E-state index contributed by atoms with van der Waals surface area (Å²) in [6.07, 6.45) is 11.4. The Kier molecular flexibility index (Phi) is 13.7. The van der Waals surface area contributed by atoms with Gasteiger partial charge in [0, 0.05) is 6.42 Å². The van der Waals surface area contributed by atoms with E-state index in [1.165, 1.54) is 26.4 Å². The van der Waals surface area contributed by atoms with Crippen LogP contribution in [0.5, 0.6) is 0 Å². The van der Waals surface area contributed by atoms with E-state index in [0.29, 0.717) is 38.5 Å². The van der Waals surface area contributed by atoms with Crippen LogP contribution in [0.2, 0.25) is 19.6 Å². The van der Waals surface area contributed by atoms with E-state index in [2.05, 4.69) is 31.3 Å². The highest BCUT2D eigenvalue weighted by molar-refractivity contribution is 7.86. The van der Waals surface area contributed by atoms with Gasteiger partial charge in [0.25, 0.3) is 10.1 Å². The fourth-order valence-corrected chi connectivity index (χ4v) is 7.13. The molecule has 1 aliphatic rings. The molecule has 0 amide bonds. The van der Waals surface area contributed by atoms with Gasteiger partial charge in [-0.2, -0.15) is 8.42 Å². The van der Waals surface area contributed by atoms with Crippen molar-refractivity contribution in [2.24, 2.45) is 5.92 Å². The Bertz CT molecular complexity index is 822. The molecule has 0 radical (unpaired) electrons. The lowest BCUT2D eigenvalue weighted by molar-refractivity contribution is -0.140. The number of hydrogen-bond acceptors (Lipinski definition) is 7. The fraction of sp³-hybridized carbons (Fsp3) is 0.840. The summed E-state index contributed by atoms with van der Waals surface area (Å²) in [5, 5.41) is 0.0898. The summed E-state index contributed by atoms with van der Waals surface area (Å²) in [5.41, 5.74) is -0.981.